The SMILES string of the molecule is CCn1cnnc1[C@@H]1CCCCN1C(=O)c1ccc2c(c1)OCO2. The van der Waals surface area contributed by atoms with Crippen LogP contribution in [0.2, 0.25) is 0 Å². The van der Waals surface area contributed by atoms with Crippen LogP contribution in [0.25, 0.3) is 0 Å². The normalized spacial score (nSPS) is 19.5. The highest BCUT2D eigenvalue weighted by Gasteiger charge is 2.32. The fraction of sp³-hybridized carbons (Fsp3) is 0.471. The number of rotatable bonds is 3. The first-order valence-corrected chi connectivity index (χ1v) is 8.36. The number of hydrogen-bond acceptors (Lipinski definition) is 5. The van der Waals surface area contributed by atoms with Crippen molar-refractivity contribution in [1.82, 2.24) is 19.7 Å². The fourth-order valence-corrected chi connectivity index (χ4v) is 3.40. The molecule has 126 valence electrons. The monoisotopic (exact) mass is 328 g/mol. The molecule has 0 radical (unpaired) electrons. The van der Waals surface area contributed by atoms with E-state index >= 15 is 0 Å². The molecule has 1 saturated heterocycles. The number of ether oxygens (including phenoxy) is 2. The molecule has 7 heteroatoms. The lowest BCUT2D eigenvalue weighted by Gasteiger charge is -2.35. The second-order valence-corrected chi connectivity index (χ2v) is 6.05. The average molecular weight is 328 g/mol. The van der Waals surface area contributed by atoms with E-state index in [1.165, 1.54) is 0 Å². The van der Waals surface area contributed by atoms with E-state index in [1.54, 1.807) is 24.5 Å². The van der Waals surface area contributed by atoms with Gasteiger partial charge in [-0.1, -0.05) is 0 Å². The molecule has 2 aliphatic rings. The minimum atomic E-state index is -0.0286. The van der Waals surface area contributed by atoms with Crippen LogP contribution in [0.4, 0.5) is 0 Å². The molecule has 2 aromatic rings. The average Bonchev–Trinajstić information content (AvgIpc) is 3.29. The summed E-state index contributed by atoms with van der Waals surface area (Å²) in [6.45, 7) is 3.79. The molecule has 2 aliphatic heterocycles. The van der Waals surface area contributed by atoms with Crippen LogP contribution in [0.1, 0.15) is 48.4 Å². The smallest absolute Gasteiger partial charge is 0.254 e. The molecule has 1 aromatic heterocycles. The Labute approximate surface area is 140 Å². The van der Waals surface area contributed by atoms with Gasteiger partial charge in [-0.25, -0.2) is 0 Å². The molecule has 1 fully saturated rings. The number of aryl methyl sites for hydroxylation is 1. The largest absolute Gasteiger partial charge is 0.454 e. The van der Waals surface area contributed by atoms with Gasteiger partial charge in [-0.15, -0.1) is 10.2 Å². The van der Waals surface area contributed by atoms with Gasteiger partial charge in [0.2, 0.25) is 6.79 Å². The van der Waals surface area contributed by atoms with Crippen LogP contribution in [-0.4, -0.2) is 38.9 Å². The van der Waals surface area contributed by atoms with Crippen molar-refractivity contribution in [3.63, 3.8) is 0 Å². The number of piperidine rings is 1. The molecule has 1 atom stereocenters. The van der Waals surface area contributed by atoms with Gasteiger partial charge < -0.3 is 18.9 Å². The number of benzene rings is 1. The van der Waals surface area contributed by atoms with E-state index in [0.717, 1.165) is 38.2 Å². The van der Waals surface area contributed by atoms with Gasteiger partial charge in [0.15, 0.2) is 17.3 Å². The summed E-state index contributed by atoms with van der Waals surface area (Å²) < 4.78 is 12.7. The van der Waals surface area contributed by atoms with Crippen LogP contribution in [-0.2, 0) is 6.54 Å². The zero-order valence-corrected chi connectivity index (χ0v) is 13.6. The Balaban J connectivity index is 1.64. The zero-order valence-electron chi connectivity index (χ0n) is 13.6. The Morgan fingerprint density at radius 1 is 1.29 bits per heavy atom. The summed E-state index contributed by atoms with van der Waals surface area (Å²) in [5.41, 5.74) is 0.619. The van der Waals surface area contributed by atoms with Gasteiger partial charge in [0, 0.05) is 18.7 Å². The Bertz CT molecular complexity index is 758. The molecule has 0 saturated carbocycles. The number of fused-ring (bicyclic) bond motifs is 1. The van der Waals surface area contributed by atoms with Crippen LogP contribution in [0.3, 0.4) is 0 Å². The molecule has 0 bridgehead atoms. The third kappa shape index (κ3) is 2.50. The summed E-state index contributed by atoms with van der Waals surface area (Å²) in [6, 6.07) is 5.33. The van der Waals surface area contributed by atoms with Crippen molar-refractivity contribution in [2.45, 2.75) is 38.8 Å². The number of carbonyl (C=O) groups excluding carboxylic acids is 1. The number of nitrogens with zero attached hydrogens (tertiary/aromatic N) is 4. The maximum atomic E-state index is 13.1. The van der Waals surface area contributed by atoms with Gasteiger partial charge in [-0.05, 0) is 44.4 Å². The summed E-state index contributed by atoms with van der Waals surface area (Å²) in [7, 11) is 0. The van der Waals surface area contributed by atoms with Crippen LogP contribution in [0, 0.1) is 0 Å². The second-order valence-electron chi connectivity index (χ2n) is 6.05. The molecule has 1 amide bonds. The summed E-state index contributed by atoms with van der Waals surface area (Å²) in [5.74, 6) is 2.19. The molecule has 0 N–H and O–H groups in total. The number of hydrogen-bond donors (Lipinski definition) is 0. The van der Waals surface area contributed by atoms with Crippen molar-refractivity contribution in [2.24, 2.45) is 0 Å². The molecular formula is C17H20N4O3. The molecular weight excluding hydrogens is 308 g/mol. The first-order chi connectivity index (χ1) is 11.8. The lowest BCUT2D eigenvalue weighted by Crippen LogP contribution is -2.39. The van der Waals surface area contributed by atoms with Gasteiger partial charge in [0.05, 0.1) is 6.04 Å². The standard InChI is InChI=1S/C17H20N4O3/c1-2-20-10-18-19-16(20)13-5-3-4-8-21(13)17(22)12-6-7-14-15(9-12)24-11-23-14/h6-7,9-10,13H,2-5,8,11H2,1H3/t13-/m0/s1. The highest BCUT2D eigenvalue weighted by atomic mass is 16.7. The topological polar surface area (TPSA) is 69.5 Å². The molecule has 0 unspecified atom stereocenters. The lowest BCUT2D eigenvalue weighted by molar-refractivity contribution is 0.0594. The first kappa shape index (κ1) is 15.0. The predicted molar refractivity (Wildman–Crippen MR) is 85.9 cm³/mol. The maximum Gasteiger partial charge on any atom is 0.254 e. The second kappa shape index (κ2) is 6.14. The Hall–Kier alpha value is -2.57. The van der Waals surface area contributed by atoms with Crippen LogP contribution in [0.15, 0.2) is 24.5 Å². The Morgan fingerprint density at radius 2 is 2.17 bits per heavy atom. The van der Waals surface area contributed by atoms with E-state index < -0.39 is 0 Å². The van der Waals surface area contributed by atoms with E-state index in [-0.39, 0.29) is 18.7 Å². The number of carbonyl (C=O) groups is 1. The van der Waals surface area contributed by atoms with Crippen molar-refractivity contribution < 1.29 is 14.3 Å². The van der Waals surface area contributed by atoms with Crippen molar-refractivity contribution in [3.8, 4) is 11.5 Å². The fourth-order valence-electron chi connectivity index (χ4n) is 3.40. The summed E-state index contributed by atoms with van der Waals surface area (Å²) in [6.07, 6.45) is 4.74. The Morgan fingerprint density at radius 3 is 3.04 bits per heavy atom. The quantitative estimate of drug-likeness (QED) is 0.865. The summed E-state index contributed by atoms with van der Waals surface area (Å²) >= 11 is 0. The van der Waals surface area contributed by atoms with E-state index in [2.05, 4.69) is 17.1 Å². The van der Waals surface area contributed by atoms with E-state index in [0.29, 0.717) is 17.1 Å². The predicted octanol–water partition coefficient (Wildman–Crippen LogP) is 2.39. The maximum absolute atomic E-state index is 13.1. The van der Waals surface area contributed by atoms with Crippen molar-refractivity contribution >= 4 is 5.91 Å². The summed E-state index contributed by atoms with van der Waals surface area (Å²) in [4.78, 5) is 15.0. The van der Waals surface area contributed by atoms with E-state index in [9.17, 15) is 4.79 Å². The molecule has 0 aliphatic carbocycles. The van der Waals surface area contributed by atoms with Crippen molar-refractivity contribution in [2.75, 3.05) is 13.3 Å². The highest BCUT2D eigenvalue weighted by Crippen LogP contribution is 2.35. The van der Waals surface area contributed by atoms with Crippen molar-refractivity contribution in [1.29, 1.82) is 0 Å². The summed E-state index contributed by atoms with van der Waals surface area (Å²) in [5, 5.41) is 8.29. The van der Waals surface area contributed by atoms with Gasteiger partial charge in [0.1, 0.15) is 6.33 Å². The number of likely N-dealkylation sites (tertiary alicyclic amines) is 1. The first-order valence-electron chi connectivity index (χ1n) is 8.36. The number of aromatic nitrogens is 3. The van der Waals surface area contributed by atoms with Gasteiger partial charge in [-0.3, -0.25) is 4.79 Å². The Kier molecular flexibility index (Phi) is 3.84. The van der Waals surface area contributed by atoms with E-state index in [4.69, 9.17) is 9.47 Å². The molecule has 7 nitrogen and oxygen atoms in total. The lowest BCUT2D eigenvalue weighted by atomic mass is 10.00. The van der Waals surface area contributed by atoms with Gasteiger partial charge >= 0.3 is 0 Å². The van der Waals surface area contributed by atoms with Crippen LogP contribution < -0.4 is 9.47 Å². The van der Waals surface area contributed by atoms with Crippen molar-refractivity contribution in [3.05, 3.63) is 35.9 Å². The third-order valence-corrected chi connectivity index (χ3v) is 4.67. The molecule has 24 heavy (non-hydrogen) atoms. The van der Waals surface area contributed by atoms with Gasteiger partial charge in [-0.2, -0.15) is 0 Å². The van der Waals surface area contributed by atoms with Gasteiger partial charge in [0.25, 0.3) is 5.91 Å². The molecule has 3 heterocycles. The molecule has 1 aromatic carbocycles. The zero-order chi connectivity index (χ0) is 16.5. The van der Waals surface area contributed by atoms with Crippen LogP contribution in [0.5, 0.6) is 11.5 Å². The van der Waals surface area contributed by atoms with E-state index in [1.807, 2.05) is 9.47 Å². The minimum absolute atomic E-state index is 0.00338. The third-order valence-electron chi connectivity index (χ3n) is 4.67. The number of amides is 1. The highest BCUT2D eigenvalue weighted by molar-refractivity contribution is 5.95. The minimum Gasteiger partial charge on any atom is -0.454 e. The van der Waals surface area contributed by atoms with Crippen LogP contribution >= 0.6 is 0 Å². The molecule has 4 rings (SSSR count). The molecule has 0 spiro atoms.